The normalized spacial score (nSPS) is 13.9. The van der Waals surface area contributed by atoms with E-state index in [1.807, 2.05) is 11.8 Å². The Morgan fingerprint density at radius 1 is 1.12 bits per heavy atom. The largest absolute Gasteiger partial charge is 0.393 e. The maximum Gasteiger partial charge on any atom is 0.0548 e. The van der Waals surface area contributed by atoms with Crippen LogP contribution in [0, 0.1) is 5.41 Å². The molecule has 1 atom stereocenters. The first kappa shape index (κ1) is 17.3. The van der Waals surface area contributed by atoms with Gasteiger partial charge in [-0.15, -0.1) is 0 Å². The Morgan fingerprint density at radius 2 is 1.82 bits per heavy atom. The van der Waals surface area contributed by atoms with Gasteiger partial charge in [0.2, 0.25) is 0 Å². The lowest BCUT2D eigenvalue weighted by molar-refractivity contribution is 0.158. The van der Waals surface area contributed by atoms with Crippen molar-refractivity contribution in [3.8, 4) is 0 Å². The monoisotopic (exact) mass is 261 g/mol. The van der Waals surface area contributed by atoms with Gasteiger partial charge in [0.15, 0.2) is 0 Å². The van der Waals surface area contributed by atoms with E-state index in [1.165, 1.54) is 12.8 Å². The summed E-state index contributed by atoms with van der Waals surface area (Å²) in [4.78, 5) is 0. The smallest absolute Gasteiger partial charge is 0.0548 e. The molecule has 0 amide bonds. The molecule has 17 heavy (non-hydrogen) atoms. The quantitative estimate of drug-likeness (QED) is 0.592. The molecule has 0 aromatic heterocycles. The van der Waals surface area contributed by atoms with Crippen molar-refractivity contribution in [2.75, 3.05) is 25.1 Å². The first-order valence-corrected chi connectivity index (χ1v) is 8.23. The molecule has 2 nitrogen and oxygen atoms in total. The molecule has 0 saturated heterocycles. The van der Waals surface area contributed by atoms with Crippen molar-refractivity contribution >= 4 is 11.8 Å². The van der Waals surface area contributed by atoms with Gasteiger partial charge in [0, 0.05) is 0 Å². The molecular weight excluding hydrogens is 230 g/mol. The SMILES string of the molecule is CSCC[C@H](O)CCCCCNCC(C)(C)C. The lowest BCUT2D eigenvalue weighted by Gasteiger charge is -2.18. The first-order valence-electron chi connectivity index (χ1n) is 6.83. The van der Waals surface area contributed by atoms with Crippen LogP contribution < -0.4 is 5.32 Å². The fourth-order valence-electron chi connectivity index (χ4n) is 1.67. The molecule has 0 saturated carbocycles. The molecule has 0 aromatic carbocycles. The van der Waals surface area contributed by atoms with E-state index in [-0.39, 0.29) is 6.10 Å². The molecular formula is C14H31NOS. The zero-order valence-corrected chi connectivity index (χ0v) is 12.9. The molecule has 0 rings (SSSR count). The molecule has 3 heteroatoms. The summed E-state index contributed by atoms with van der Waals surface area (Å²) < 4.78 is 0. The van der Waals surface area contributed by atoms with Gasteiger partial charge in [-0.25, -0.2) is 0 Å². The number of aliphatic hydroxyl groups is 1. The second-order valence-corrected chi connectivity index (χ2v) is 7.01. The molecule has 0 fully saturated rings. The van der Waals surface area contributed by atoms with Crippen molar-refractivity contribution in [2.45, 2.75) is 59.0 Å². The Bertz CT molecular complexity index is 168. The van der Waals surface area contributed by atoms with Crippen LogP contribution in [0.2, 0.25) is 0 Å². The summed E-state index contributed by atoms with van der Waals surface area (Å²) in [5, 5.41) is 13.1. The van der Waals surface area contributed by atoms with Gasteiger partial charge in [-0.3, -0.25) is 0 Å². The highest BCUT2D eigenvalue weighted by molar-refractivity contribution is 7.98. The maximum absolute atomic E-state index is 9.66. The molecule has 0 radical (unpaired) electrons. The van der Waals surface area contributed by atoms with E-state index in [0.717, 1.165) is 38.1 Å². The highest BCUT2D eigenvalue weighted by Gasteiger charge is 2.08. The van der Waals surface area contributed by atoms with Gasteiger partial charge in [-0.1, -0.05) is 33.6 Å². The van der Waals surface area contributed by atoms with Crippen molar-refractivity contribution in [2.24, 2.45) is 5.41 Å². The topological polar surface area (TPSA) is 32.3 Å². The molecule has 0 spiro atoms. The van der Waals surface area contributed by atoms with Crippen molar-refractivity contribution in [1.29, 1.82) is 0 Å². The Labute approximate surface area is 112 Å². The minimum atomic E-state index is -0.0787. The van der Waals surface area contributed by atoms with Crippen LogP contribution in [0.1, 0.15) is 52.9 Å². The number of hydrogen-bond donors (Lipinski definition) is 2. The summed E-state index contributed by atoms with van der Waals surface area (Å²) in [6.45, 7) is 8.95. The Balaban J connectivity index is 3.18. The van der Waals surface area contributed by atoms with Crippen LogP contribution in [0.15, 0.2) is 0 Å². The van der Waals surface area contributed by atoms with Crippen molar-refractivity contribution < 1.29 is 5.11 Å². The highest BCUT2D eigenvalue weighted by atomic mass is 32.2. The number of rotatable bonds is 10. The Morgan fingerprint density at radius 3 is 2.41 bits per heavy atom. The van der Waals surface area contributed by atoms with Crippen molar-refractivity contribution in [3.05, 3.63) is 0 Å². The highest BCUT2D eigenvalue weighted by Crippen LogP contribution is 2.11. The van der Waals surface area contributed by atoms with E-state index in [0.29, 0.717) is 5.41 Å². The Kier molecular flexibility index (Phi) is 10.4. The second-order valence-electron chi connectivity index (χ2n) is 6.02. The third kappa shape index (κ3) is 14.2. The van der Waals surface area contributed by atoms with Gasteiger partial charge in [0.1, 0.15) is 0 Å². The van der Waals surface area contributed by atoms with Crippen molar-refractivity contribution in [3.63, 3.8) is 0 Å². The minimum Gasteiger partial charge on any atom is -0.393 e. The van der Waals surface area contributed by atoms with E-state index in [4.69, 9.17) is 0 Å². The number of nitrogens with one attached hydrogen (secondary N) is 1. The summed E-state index contributed by atoms with van der Waals surface area (Å²) in [7, 11) is 0. The standard InChI is InChI=1S/C14H31NOS/c1-14(2,3)12-15-10-7-5-6-8-13(16)9-11-17-4/h13,15-16H,5-12H2,1-4H3/t13-/m1/s1. The number of hydrogen-bond acceptors (Lipinski definition) is 3. The van der Waals surface area contributed by atoms with Crippen LogP contribution in [0.25, 0.3) is 0 Å². The maximum atomic E-state index is 9.66. The minimum absolute atomic E-state index is 0.0787. The predicted octanol–water partition coefficient (Wildman–Crippen LogP) is 3.30. The van der Waals surface area contributed by atoms with Gasteiger partial charge in [-0.05, 0) is 49.8 Å². The summed E-state index contributed by atoms with van der Waals surface area (Å²) in [5.41, 5.74) is 0.383. The number of thioether (sulfide) groups is 1. The molecule has 104 valence electrons. The predicted molar refractivity (Wildman–Crippen MR) is 79.8 cm³/mol. The summed E-state index contributed by atoms with van der Waals surface area (Å²) in [6.07, 6.45) is 7.55. The third-order valence-corrected chi connectivity index (χ3v) is 3.35. The van der Waals surface area contributed by atoms with E-state index >= 15 is 0 Å². The first-order chi connectivity index (χ1) is 7.95. The molecule has 2 N–H and O–H groups in total. The molecule has 0 aromatic rings. The van der Waals surface area contributed by atoms with Gasteiger partial charge in [0.05, 0.1) is 6.10 Å². The van der Waals surface area contributed by atoms with E-state index in [1.54, 1.807) is 0 Å². The van der Waals surface area contributed by atoms with Crippen LogP contribution in [-0.4, -0.2) is 36.3 Å². The summed E-state index contributed by atoms with van der Waals surface area (Å²) in [5.74, 6) is 1.08. The van der Waals surface area contributed by atoms with E-state index in [2.05, 4.69) is 32.3 Å². The fraction of sp³-hybridized carbons (Fsp3) is 1.00. The van der Waals surface area contributed by atoms with Gasteiger partial charge >= 0.3 is 0 Å². The van der Waals surface area contributed by atoms with E-state index in [9.17, 15) is 5.11 Å². The summed E-state index contributed by atoms with van der Waals surface area (Å²) in [6, 6.07) is 0. The molecule has 0 aliphatic carbocycles. The molecule has 0 unspecified atom stereocenters. The average Bonchev–Trinajstić information content (AvgIpc) is 2.23. The van der Waals surface area contributed by atoms with Crippen LogP contribution in [0.3, 0.4) is 0 Å². The molecule has 0 aliphatic rings. The Hall–Kier alpha value is 0.270. The number of unbranched alkanes of at least 4 members (excludes halogenated alkanes) is 2. The van der Waals surface area contributed by atoms with Gasteiger partial charge in [0.25, 0.3) is 0 Å². The zero-order valence-electron chi connectivity index (χ0n) is 12.1. The molecule has 0 heterocycles. The summed E-state index contributed by atoms with van der Waals surface area (Å²) >= 11 is 1.81. The average molecular weight is 261 g/mol. The zero-order chi connectivity index (χ0) is 13.1. The lowest BCUT2D eigenvalue weighted by atomic mass is 9.97. The van der Waals surface area contributed by atoms with Crippen LogP contribution in [0.4, 0.5) is 0 Å². The lowest BCUT2D eigenvalue weighted by Crippen LogP contribution is -2.27. The van der Waals surface area contributed by atoms with Crippen LogP contribution in [0.5, 0.6) is 0 Å². The fourth-order valence-corrected chi connectivity index (χ4v) is 2.18. The van der Waals surface area contributed by atoms with Crippen LogP contribution in [-0.2, 0) is 0 Å². The van der Waals surface area contributed by atoms with Crippen molar-refractivity contribution in [1.82, 2.24) is 5.32 Å². The molecule has 0 bridgehead atoms. The second kappa shape index (κ2) is 10.2. The van der Waals surface area contributed by atoms with Gasteiger partial charge in [-0.2, -0.15) is 11.8 Å². The molecule has 0 aliphatic heterocycles. The van der Waals surface area contributed by atoms with Crippen LogP contribution >= 0.6 is 11.8 Å². The van der Waals surface area contributed by atoms with E-state index < -0.39 is 0 Å². The van der Waals surface area contributed by atoms with Gasteiger partial charge < -0.3 is 10.4 Å². The third-order valence-electron chi connectivity index (χ3n) is 2.70. The number of aliphatic hydroxyl groups excluding tert-OH is 1.